The fourth-order valence-electron chi connectivity index (χ4n) is 3.18. The van der Waals surface area contributed by atoms with Gasteiger partial charge in [0.15, 0.2) is 0 Å². The Morgan fingerprint density at radius 2 is 1.77 bits per heavy atom. The number of hydrogen-bond acceptors (Lipinski definition) is 4. The first-order chi connectivity index (χ1) is 12.6. The van der Waals surface area contributed by atoms with Gasteiger partial charge in [0.05, 0.1) is 30.4 Å². The molecule has 1 aliphatic heterocycles. The van der Waals surface area contributed by atoms with Crippen molar-refractivity contribution in [2.45, 2.75) is 31.7 Å². The summed E-state index contributed by atoms with van der Waals surface area (Å²) in [5.41, 5.74) is 2.41. The quantitative estimate of drug-likeness (QED) is 0.864. The summed E-state index contributed by atoms with van der Waals surface area (Å²) in [5.74, 6) is -0.233. The molecule has 1 N–H and O–H groups in total. The molecular formula is C21H23FN2O2. The fourth-order valence-corrected chi connectivity index (χ4v) is 3.18. The van der Waals surface area contributed by atoms with E-state index in [9.17, 15) is 9.50 Å². The van der Waals surface area contributed by atoms with Crippen molar-refractivity contribution < 1.29 is 14.2 Å². The van der Waals surface area contributed by atoms with E-state index in [1.807, 2.05) is 12.1 Å². The smallest absolute Gasteiger partial charge is 0.123 e. The van der Waals surface area contributed by atoms with Crippen LogP contribution in [0.15, 0.2) is 48.5 Å². The van der Waals surface area contributed by atoms with Crippen LogP contribution in [0.5, 0.6) is 0 Å². The summed E-state index contributed by atoms with van der Waals surface area (Å²) in [7, 11) is 0. The molecule has 0 aliphatic carbocycles. The zero-order valence-electron chi connectivity index (χ0n) is 14.6. The van der Waals surface area contributed by atoms with Gasteiger partial charge in [-0.2, -0.15) is 5.26 Å². The second-order valence-corrected chi connectivity index (χ2v) is 6.69. The Morgan fingerprint density at radius 1 is 1.12 bits per heavy atom. The van der Waals surface area contributed by atoms with E-state index < -0.39 is 6.10 Å². The maximum absolute atomic E-state index is 12.9. The molecular weight excluding hydrogens is 331 g/mol. The molecule has 5 heteroatoms. The minimum atomic E-state index is -0.556. The molecule has 0 radical (unpaired) electrons. The van der Waals surface area contributed by atoms with Crippen LogP contribution >= 0.6 is 0 Å². The van der Waals surface area contributed by atoms with E-state index >= 15 is 0 Å². The highest BCUT2D eigenvalue weighted by Crippen LogP contribution is 2.20. The Kier molecular flexibility index (Phi) is 6.35. The van der Waals surface area contributed by atoms with Crippen LogP contribution in [0.2, 0.25) is 0 Å². The lowest BCUT2D eigenvalue weighted by Crippen LogP contribution is -2.39. The largest absolute Gasteiger partial charge is 0.387 e. The summed E-state index contributed by atoms with van der Waals surface area (Å²) in [6.45, 7) is 2.83. The Morgan fingerprint density at radius 3 is 2.38 bits per heavy atom. The van der Waals surface area contributed by atoms with E-state index in [0.717, 1.165) is 37.1 Å². The molecule has 2 aromatic rings. The molecule has 1 saturated heterocycles. The van der Waals surface area contributed by atoms with Gasteiger partial charge in [-0.3, -0.25) is 0 Å². The molecule has 4 nitrogen and oxygen atoms in total. The zero-order chi connectivity index (χ0) is 18.4. The molecule has 0 saturated carbocycles. The Bertz CT molecular complexity index is 732. The van der Waals surface area contributed by atoms with Crippen molar-refractivity contribution in [3.63, 3.8) is 0 Å². The molecule has 0 spiro atoms. The number of ether oxygens (including phenoxy) is 1. The normalized spacial score (nSPS) is 17.0. The number of aliphatic hydroxyl groups is 1. The molecule has 136 valence electrons. The number of piperidine rings is 1. The van der Waals surface area contributed by atoms with E-state index in [2.05, 4.69) is 11.0 Å². The number of aliphatic hydroxyl groups excluding tert-OH is 1. The summed E-state index contributed by atoms with van der Waals surface area (Å²) in [6.07, 6.45) is 1.48. The van der Waals surface area contributed by atoms with Crippen LogP contribution in [-0.2, 0) is 11.3 Å². The average Bonchev–Trinajstić information content (AvgIpc) is 2.68. The Labute approximate surface area is 153 Å². The van der Waals surface area contributed by atoms with Crippen molar-refractivity contribution in [2.24, 2.45) is 0 Å². The van der Waals surface area contributed by atoms with Crippen LogP contribution in [0.3, 0.4) is 0 Å². The topological polar surface area (TPSA) is 56.5 Å². The van der Waals surface area contributed by atoms with Crippen LogP contribution in [0.1, 0.15) is 35.6 Å². The fraction of sp³-hybridized carbons (Fsp3) is 0.381. The molecule has 2 aromatic carbocycles. The van der Waals surface area contributed by atoms with Gasteiger partial charge in [0.1, 0.15) is 5.82 Å². The minimum Gasteiger partial charge on any atom is -0.387 e. The standard InChI is InChI=1S/C21H23FN2O2/c22-19-7-3-17(4-8-19)15-26-20-9-11-24(12-10-20)14-21(25)18-5-1-16(13-23)2-6-18/h1-8,20-21,25H,9-12,14-15H2. The lowest BCUT2D eigenvalue weighted by molar-refractivity contribution is -0.0109. The summed E-state index contributed by atoms with van der Waals surface area (Å²) >= 11 is 0. The third kappa shape index (κ3) is 5.12. The highest BCUT2D eigenvalue weighted by atomic mass is 19.1. The number of hydrogen-bond donors (Lipinski definition) is 1. The van der Waals surface area contributed by atoms with Crippen LogP contribution in [0.4, 0.5) is 4.39 Å². The van der Waals surface area contributed by atoms with Gasteiger partial charge in [-0.15, -0.1) is 0 Å². The zero-order valence-corrected chi connectivity index (χ0v) is 14.6. The molecule has 26 heavy (non-hydrogen) atoms. The van der Waals surface area contributed by atoms with Gasteiger partial charge in [0, 0.05) is 19.6 Å². The predicted octanol–water partition coefficient (Wildman–Crippen LogP) is 3.41. The predicted molar refractivity (Wildman–Crippen MR) is 96.8 cm³/mol. The Balaban J connectivity index is 1.41. The molecule has 0 aromatic heterocycles. The van der Waals surface area contributed by atoms with E-state index in [1.54, 1.807) is 24.3 Å². The van der Waals surface area contributed by atoms with Gasteiger partial charge in [0.25, 0.3) is 0 Å². The van der Waals surface area contributed by atoms with Gasteiger partial charge in [0.2, 0.25) is 0 Å². The summed E-state index contributed by atoms with van der Waals surface area (Å²) in [5, 5.41) is 19.2. The van der Waals surface area contributed by atoms with Crippen molar-refractivity contribution in [1.29, 1.82) is 5.26 Å². The molecule has 1 fully saturated rings. The second kappa shape index (κ2) is 8.91. The highest BCUT2D eigenvalue weighted by molar-refractivity contribution is 5.32. The van der Waals surface area contributed by atoms with Crippen molar-refractivity contribution in [2.75, 3.05) is 19.6 Å². The van der Waals surface area contributed by atoms with Gasteiger partial charge in [-0.1, -0.05) is 24.3 Å². The third-order valence-corrected chi connectivity index (χ3v) is 4.79. The number of β-amino-alcohol motifs (C(OH)–C–C–N with tert-alkyl or cyclic N) is 1. The van der Waals surface area contributed by atoms with E-state index in [4.69, 9.17) is 10.00 Å². The molecule has 1 heterocycles. The van der Waals surface area contributed by atoms with Crippen molar-refractivity contribution >= 4 is 0 Å². The third-order valence-electron chi connectivity index (χ3n) is 4.79. The first-order valence-corrected chi connectivity index (χ1v) is 8.90. The molecule has 1 aliphatic rings. The molecule has 3 rings (SSSR count). The van der Waals surface area contributed by atoms with E-state index in [-0.39, 0.29) is 11.9 Å². The second-order valence-electron chi connectivity index (χ2n) is 6.69. The lowest BCUT2D eigenvalue weighted by Gasteiger charge is -2.33. The van der Waals surface area contributed by atoms with Crippen LogP contribution in [0.25, 0.3) is 0 Å². The maximum Gasteiger partial charge on any atom is 0.123 e. The highest BCUT2D eigenvalue weighted by Gasteiger charge is 2.22. The molecule has 1 unspecified atom stereocenters. The SMILES string of the molecule is N#Cc1ccc(C(O)CN2CCC(OCc3ccc(F)cc3)CC2)cc1. The van der Waals surface area contributed by atoms with Gasteiger partial charge in [-0.25, -0.2) is 4.39 Å². The number of nitrogens with zero attached hydrogens (tertiary/aromatic N) is 2. The maximum atomic E-state index is 12.9. The first kappa shape index (κ1) is 18.5. The van der Waals surface area contributed by atoms with Gasteiger partial charge in [-0.05, 0) is 48.2 Å². The number of halogens is 1. The van der Waals surface area contributed by atoms with Crippen LogP contribution in [-0.4, -0.2) is 35.7 Å². The molecule has 0 amide bonds. The number of likely N-dealkylation sites (tertiary alicyclic amines) is 1. The van der Waals surface area contributed by atoms with E-state index in [0.29, 0.717) is 18.7 Å². The summed E-state index contributed by atoms with van der Waals surface area (Å²) < 4.78 is 18.8. The van der Waals surface area contributed by atoms with Crippen molar-refractivity contribution in [3.05, 3.63) is 71.0 Å². The summed E-state index contributed by atoms with van der Waals surface area (Å²) in [6, 6.07) is 15.6. The van der Waals surface area contributed by atoms with Crippen LogP contribution < -0.4 is 0 Å². The number of nitriles is 1. The number of rotatable bonds is 6. The summed E-state index contributed by atoms with van der Waals surface area (Å²) in [4.78, 5) is 2.24. The van der Waals surface area contributed by atoms with Gasteiger partial charge < -0.3 is 14.7 Å². The average molecular weight is 354 g/mol. The van der Waals surface area contributed by atoms with Gasteiger partial charge >= 0.3 is 0 Å². The van der Waals surface area contributed by atoms with Crippen molar-refractivity contribution in [1.82, 2.24) is 4.90 Å². The van der Waals surface area contributed by atoms with Crippen LogP contribution in [0, 0.1) is 17.1 Å². The molecule has 1 atom stereocenters. The first-order valence-electron chi connectivity index (χ1n) is 8.90. The monoisotopic (exact) mass is 354 g/mol. The minimum absolute atomic E-state index is 0.198. The Hall–Kier alpha value is -2.26. The van der Waals surface area contributed by atoms with E-state index in [1.165, 1.54) is 12.1 Å². The number of benzene rings is 2. The van der Waals surface area contributed by atoms with Crippen molar-refractivity contribution in [3.8, 4) is 6.07 Å². The molecule has 0 bridgehead atoms. The lowest BCUT2D eigenvalue weighted by atomic mass is 10.0.